The van der Waals surface area contributed by atoms with Gasteiger partial charge in [-0.15, -0.1) is 0 Å². The van der Waals surface area contributed by atoms with Gasteiger partial charge in [0.15, 0.2) is 0 Å². The summed E-state index contributed by atoms with van der Waals surface area (Å²) >= 11 is 7.94. The van der Waals surface area contributed by atoms with Gasteiger partial charge >= 0.3 is 0 Å². The van der Waals surface area contributed by atoms with Crippen molar-refractivity contribution in [3.8, 4) is 0 Å². The Kier molecular flexibility index (Phi) is 3.08. The Balaban J connectivity index is 1.60. The molecule has 1 nitrogen and oxygen atoms in total. The van der Waals surface area contributed by atoms with Crippen molar-refractivity contribution < 1.29 is 0 Å². The molecule has 0 saturated heterocycles. The van der Waals surface area contributed by atoms with Crippen molar-refractivity contribution in [2.24, 2.45) is 0 Å². The smallest absolute Gasteiger partial charge is 0.0450 e. The minimum Gasteiger partial charge on any atom is -0.382 e. The van der Waals surface area contributed by atoms with Gasteiger partial charge in [-0.3, -0.25) is 0 Å². The van der Waals surface area contributed by atoms with Gasteiger partial charge in [0.1, 0.15) is 0 Å². The summed E-state index contributed by atoms with van der Waals surface area (Å²) in [4.78, 5) is 0. The normalized spacial score (nSPS) is 23.1. The van der Waals surface area contributed by atoms with Gasteiger partial charge in [-0.1, -0.05) is 29.8 Å². The second kappa shape index (κ2) is 4.71. The molecule has 0 spiro atoms. The molecule has 0 bridgehead atoms. The minimum atomic E-state index is 0.603. The van der Waals surface area contributed by atoms with Crippen LogP contribution < -0.4 is 5.32 Å². The highest BCUT2D eigenvalue weighted by Gasteiger charge is 2.31. The highest BCUT2D eigenvalue weighted by Crippen LogP contribution is 2.41. The molecule has 1 aliphatic carbocycles. The van der Waals surface area contributed by atoms with E-state index in [4.69, 9.17) is 11.6 Å². The SMILES string of the molecule is Clc1ccccc1C1CC(Nc2ccsc2)C1. The second-order valence-electron chi connectivity index (χ2n) is 4.54. The van der Waals surface area contributed by atoms with E-state index < -0.39 is 0 Å². The van der Waals surface area contributed by atoms with Gasteiger partial charge in [-0.2, -0.15) is 11.3 Å². The molecule has 17 heavy (non-hydrogen) atoms. The third kappa shape index (κ3) is 2.33. The molecule has 88 valence electrons. The lowest BCUT2D eigenvalue weighted by molar-refractivity contribution is 0.374. The lowest BCUT2D eigenvalue weighted by Crippen LogP contribution is -2.33. The van der Waals surface area contributed by atoms with E-state index in [9.17, 15) is 0 Å². The molecule has 0 atom stereocenters. The van der Waals surface area contributed by atoms with E-state index >= 15 is 0 Å². The van der Waals surface area contributed by atoms with Crippen LogP contribution >= 0.6 is 22.9 Å². The summed E-state index contributed by atoms with van der Waals surface area (Å²) < 4.78 is 0. The maximum atomic E-state index is 6.20. The Labute approximate surface area is 110 Å². The quantitative estimate of drug-likeness (QED) is 0.842. The molecule has 1 N–H and O–H groups in total. The van der Waals surface area contributed by atoms with E-state index in [0.29, 0.717) is 12.0 Å². The zero-order valence-corrected chi connectivity index (χ0v) is 11.0. The van der Waals surface area contributed by atoms with Crippen LogP contribution in [0.25, 0.3) is 0 Å². The largest absolute Gasteiger partial charge is 0.382 e. The van der Waals surface area contributed by atoms with Crippen molar-refractivity contribution in [3.05, 3.63) is 51.7 Å². The minimum absolute atomic E-state index is 0.603. The van der Waals surface area contributed by atoms with Gasteiger partial charge in [-0.25, -0.2) is 0 Å². The Morgan fingerprint density at radius 2 is 2.00 bits per heavy atom. The first kappa shape index (κ1) is 11.1. The van der Waals surface area contributed by atoms with Crippen LogP contribution in [0.3, 0.4) is 0 Å². The first-order valence-corrected chi connectivity index (χ1v) is 7.18. The lowest BCUT2D eigenvalue weighted by atomic mass is 9.76. The van der Waals surface area contributed by atoms with Crippen LogP contribution in [0, 0.1) is 0 Å². The third-order valence-electron chi connectivity index (χ3n) is 3.38. The van der Waals surface area contributed by atoms with Gasteiger partial charge in [0.25, 0.3) is 0 Å². The fourth-order valence-corrected chi connectivity index (χ4v) is 3.27. The number of halogens is 1. The maximum Gasteiger partial charge on any atom is 0.0450 e. The zero-order valence-electron chi connectivity index (χ0n) is 9.40. The van der Waals surface area contributed by atoms with Gasteiger partial charge in [0.2, 0.25) is 0 Å². The molecular weight excluding hydrogens is 250 g/mol. The number of thiophene rings is 1. The van der Waals surface area contributed by atoms with Crippen molar-refractivity contribution in [1.82, 2.24) is 0 Å². The lowest BCUT2D eigenvalue weighted by Gasteiger charge is -2.37. The Bertz CT molecular complexity index is 489. The number of hydrogen-bond donors (Lipinski definition) is 1. The van der Waals surface area contributed by atoms with Crippen molar-refractivity contribution in [2.75, 3.05) is 5.32 Å². The Hall–Kier alpha value is -0.990. The van der Waals surface area contributed by atoms with E-state index in [1.165, 1.54) is 24.1 Å². The monoisotopic (exact) mass is 263 g/mol. The molecule has 0 aliphatic heterocycles. The Morgan fingerprint density at radius 1 is 1.18 bits per heavy atom. The van der Waals surface area contributed by atoms with Crippen LogP contribution in [0.2, 0.25) is 5.02 Å². The summed E-state index contributed by atoms with van der Waals surface area (Å²) in [6.07, 6.45) is 2.36. The number of benzene rings is 1. The van der Waals surface area contributed by atoms with Crippen LogP contribution in [0.15, 0.2) is 41.1 Å². The summed E-state index contributed by atoms with van der Waals surface area (Å²) in [7, 11) is 0. The number of hydrogen-bond acceptors (Lipinski definition) is 2. The molecule has 1 fully saturated rings. The maximum absolute atomic E-state index is 6.20. The standard InChI is InChI=1S/C14H14ClNS/c15-14-4-2-1-3-13(14)10-7-12(8-10)16-11-5-6-17-9-11/h1-6,9-10,12,16H,7-8H2. The fourth-order valence-electron chi connectivity index (χ4n) is 2.38. The van der Waals surface area contributed by atoms with Crippen LogP contribution in [-0.2, 0) is 0 Å². The van der Waals surface area contributed by atoms with Gasteiger partial charge in [0, 0.05) is 22.1 Å². The van der Waals surface area contributed by atoms with Crippen molar-refractivity contribution >= 4 is 28.6 Å². The summed E-state index contributed by atoms with van der Waals surface area (Å²) in [5.41, 5.74) is 2.55. The second-order valence-corrected chi connectivity index (χ2v) is 5.73. The van der Waals surface area contributed by atoms with Crippen molar-refractivity contribution in [2.45, 2.75) is 24.8 Å². The first-order chi connectivity index (χ1) is 8.33. The molecule has 1 aromatic carbocycles. The van der Waals surface area contributed by atoms with E-state index in [0.717, 1.165) is 5.02 Å². The van der Waals surface area contributed by atoms with Gasteiger partial charge < -0.3 is 5.32 Å². The molecule has 0 unspecified atom stereocenters. The fraction of sp³-hybridized carbons (Fsp3) is 0.286. The van der Waals surface area contributed by atoms with E-state index in [2.05, 4.69) is 34.3 Å². The molecular formula is C14H14ClNS. The molecule has 3 rings (SSSR count). The first-order valence-electron chi connectivity index (χ1n) is 5.86. The summed E-state index contributed by atoms with van der Waals surface area (Å²) in [5, 5.41) is 8.71. The molecule has 1 saturated carbocycles. The molecule has 1 aliphatic rings. The summed E-state index contributed by atoms with van der Waals surface area (Å²) in [6.45, 7) is 0. The topological polar surface area (TPSA) is 12.0 Å². The zero-order chi connectivity index (χ0) is 11.7. The molecule has 0 radical (unpaired) electrons. The van der Waals surface area contributed by atoms with E-state index in [1.807, 2.05) is 12.1 Å². The third-order valence-corrected chi connectivity index (χ3v) is 4.40. The average molecular weight is 264 g/mol. The van der Waals surface area contributed by atoms with E-state index in [-0.39, 0.29) is 0 Å². The predicted molar refractivity (Wildman–Crippen MR) is 75.2 cm³/mol. The molecule has 2 aromatic rings. The van der Waals surface area contributed by atoms with Crippen LogP contribution in [0.5, 0.6) is 0 Å². The number of nitrogens with one attached hydrogen (secondary N) is 1. The predicted octanol–water partition coefficient (Wildman–Crippen LogP) is 4.76. The van der Waals surface area contributed by atoms with Gasteiger partial charge in [-0.05, 0) is 41.8 Å². The summed E-state index contributed by atoms with van der Waals surface area (Å²) in [6, 6.07) is 10.9. The molecule has 0 amide bonds. The summed E-state index contributed by atoms with van der Waals surface area (Å²) in [5.74, 6) is 0.625. The van der Waals surface area contributed by atoms with Crippen LogP contribution in [0.1, 0.15) is 24.3 Å². The number of anilines is 1. The van der Waals surface area contributed by atoms with Crippen molar-refractivity contribution in [3.63, 3.8) is 0 Å². The van der Waals surface area contributed by atoms with Gasteiger partial charge in [0.05, 0.1) is 0 Å². The highest BCUT2D eigenvalue weighted by atomic mass is 35.5. The van der Waals surface area contributed by atoms with Crippen LogP contribution in [0.4, 0.5) is 5.69 Å². The Morgan fingerprint density at radius 3 is 2.71 bits per heavy atom. The highest BCUT2D eigenvalue weighted by molar-refractivity contribution is 7.08. The molecule has 3 heteroatoms. The van der Waals surface area contributed by atoms with Crippen molar-refractivity contribution in [1.29, 1.82) is 0 Å². The van der Waals surface area contributed by atoms with Crippen LogP contribution in [-0.4, -0.2) is 6.04 Å². The molecule has 1 aromatic heterocycles. The molecule has 1 heterocycles. The average Bonchev–Trinajstić information content (AvgIpc) is 2.77. The van der Waals surface area contributed by atoms with E-state index in [1.54, 1.807) is 11.3 Å². The number of rotatable bonds is 3.